The summed E-state index contributed by atoms with van der Waals surface area (Å²) in [4.78, 5) is 26.8. The Bertz CT molecular complexity index is 448. The molecule has 0 aliphatic carbocycles. The van der Waals surface area contributed by atoms with Crippen molar-refractivity contribution in [3.63, 3.8) is 0 Å². The van der Waals surface area contributed by atoms with Gasteiger partial charge in [-0.25, -0.2) is 0 Å². The summed E-state index contributed by atoms with van der Waals surface area (Å²) in [6.07, 6.45) is 0. The third-order valence-electron chi connectivity index (χ3n) is 2.38. The zero-order valence-corrected chi connectivity index (χ0v) is 8.60. The number of morpholine rings is 1. The van der Waals surface area contributed by atoms with E-state index in [1.165, 1.54) is 12.1 Å². The van der Waals surface area contributed by atoms with Gasteiger partial charge in [0.2, 0.25) is 0 Å². The van der Waals surface area contributed by atoms with E-state index in [1.54, 1.807) is 4.90 Å². The number of pyridine rings is 1. The molecule has 1 saturated heterocycles. The number of H-pyrrole nitrogens is 1. The van der Waals surface area contributed by atoms with Crippen LogP contribution >= 0.6 is 0 Å². The number of hydrogen-bond acceptors (Lipinski definition) is 4. The van der Waals surface area contributed by atoms with Gasteiger partial charge in [0.05, 0.1) is 18.8 Å². The number of aromatic hydroxyl groups is 1. The number of hydrogen-bond donors (Lipinski definition) is 2. The molecule has 1 aliphatic rings. The summed E-state index contributed by atoms with van der Waals surface area (Å²) in [5, 5.41) is 9.19. The summed E-state index contributed by atoms with van der Waals surface area (Å²) in [6, 6.07) is 2.43. The van der Waals surface area contributed by atoms with E-state index in [-0.39, 0.29) is 17.4 Å². The van der Waals surface area contributed by atoms with E-state index >= 15 is 0 Å². The number of aromatic amines is 1. The van der Waals surface area contributed by atoms with E-state index in [0.717, 1.165) is 0 Å². The van der Waals surface area contributed by atoms with Gasteiger partial charge in [0, 0.05) is 25.2 Å². The molecule has 0 saturated carbocycles. The monoisotopic (exact) mass is 224 g/mol. The summed E-state index contributed by atoms with van der Waals surface area (Å²) in [5.41, 5.74) is -0.292. The van der Waals surface area contributed by atoms with E-state index in [0.29, 0.717) is 26.3 Å². The lowest BCUT2D eigenvalue weighted by atomic mass is 10.2. The van der Waals surface area contributed by atoms with Crippen molar-refractivity contribution in [1.29, 1.82) is 0 Å². The smallest absolute Gasteiger partial charge is 0.254 e. The van der Waals surface area contributed by atoms with Crippen LogP contribution in [-0.2, 0) is 4.74 Å². The molecular weight excluding hydrogens is 212 g/mol. The van der Waals surface area contributed by atoms with Gasteiger partial charge in [-0.05, 0) is 0 Å². The van der Waals surface area contributed by atoms with Crippen LogP contribution in [0.5, 0.6) is 5.88 Å². The number of nitrogens with zero attached hydrogens (tertiary/aromatic N) is 1. The van der Waals surface area contributed by atoms with Crippen LogP contribution in [0.3, 0.4) is 0 Å². The molecule has 86 valence electrons. The first-order valence-corrected chi connectivity index (χ1v) is 4.97. The zero-order chi connectivity index (χ0) is 11.5. The minimum atomic E-state index is -0.489. The lowest BCUT2D eigenvalue weighted by molar-refractivity contribution is 0.0302. The van der Waals surface area contributed by atoms with Gasteiger partial charge in [0.25, 0.3) is 11.5 Å². The SMILES string of the molecule is O=C(c1cc(O)[nH]c(=O)c1)N1CCOCC1. The molecule has 1 aliphatic heterocycles. The van der Waals surface area contributed by atoms with Crippen LogP contribution in [-0.4, -0.2) is 47.2 Å². The minimum Gasteiger partial charge on any atom is -0.494 e. The Morgan fingerprint density at radius 3 is 2.69 bits per heavy atom. The van der Waals surface area contributed by atoms with Crippen molar-refractivity contribution in [1.82, 2.24) is 9.88 Å². The fraction of sp³-hybridized carbons (Fsp3) is 0.400. The second-order valence-corrected chi connectivity index (χ2v) is 3.52. The van der Waals surface area contributed by atoms with Crippen molar-refractivity contribution in [2.75, 3.05) is 26.3 Å². The van der Waals surface area contributed by atoms with Crippen LogP contribution in [0.2, 0.25) is 0 Å². The maximum atomic E-state index is 11.9. The summed E-state index contributed by atoms with van der Waals surface area (Å²) >= 11 is 0. The predicted octanol–water partition coefficient (Wildman–Crippen LogP) is -0.447. The molecule has 0 bridgehead atoms. The van der Waals surface area contributed by atoms with Gasteiger partial charge >= 0.3 is 0 Å². The molecule has 0 aromatic carbocycles. The maximum Gasteiger partial charge on any atom is 0.254 e. The molecule has 6 nitrogen and oxygen atoms in total. The first-order valence-electron chi connectivity index (χ1n) is 4.97. The van der Waals surface area contributed by atoms with Gasteiger partial charge < -0.3 is 14.7 Å². The van der Waals surface area contributed by atoms with Gasteiger partial charge in [0.15, 0.2) is 5.88 Å². The number of ether oxygens (including phenoxy) is 1. The molecule has 6 heteroatoms. The van der Waals surface area contributed by atoms with Gasteiger partial charge in [-0.1, -0.05) is 0 Å². The molecule has 16 heavy (non-hydrogen) atoms. The normalized spacial score (nSPS) is 16.1. The number of nitrogens with one attached hydrogen (secondary N) is 1. The van der Waals surface area contributed by atoms with Crippen LogP contribution in [0.4, 0.5) is 0 Å². The van der Waals surface area contributed by atoms with Crippen LogP contribution in [0.1, 0.15) is 10.4 Å². The fourth-order valence-corrected chi connectivity index (χ4v) is 1.60. The highest BCUT2D eigenvalue weighted by Crippen LogP contribution is 2.09. The lowest BCUT2D eigenvalue weighted by Crippen LogP contribution is -2.40. The zero-order valence-electron chi connectivity index (χ0n) is 8.60. The van der Waals surface area contributed by atoms with Crippen LogP contribution in [0.25, 0.3) is 0 Å². The maximum absolute atomic E-state index is 11.9. The van der Waals surface area contributed by atoms with Crippen LogP contribution in [0, 0.1) is 0 Å². The van der Waals surface area contributed by atoms with Crippen molar-refractivity contribution in [2.45, 2.75) is 0 Å². The standard InChI is InChI=1S/C10H12N2O4/c13-8-5-7(6-9(14)11-8)10(15)12-1-3-16-4-2-12/h5-6H,1-4H2,(H2,11,13,14). The van der Waals surface area contributed by atoms with E-state index < -0.39 is 5.56 Å². The molecule has 0 radical (unpaired) electrons. The number of aromatic nitrogens is 1. The first-order chi connectivity index (χ1) is 7.66. The lowest BCUT2D eigenvalue weighted by Gasteiger charge is -2.26. The molecular formula is C10H12N2O4. The second-order valence-electron chi connectivity index (χ2n) is 3.52. The summed E-state index contributed by atoms with van der Waals surface area (Å²) < 4.78 is 5.12. The molecule has 2 N–H and O–H groups in total. The molecule has 0 unspecified atom stereocenters. The van der Waals surface area contributed by atoms with Gasteiger partial charge in [-0.15, -0.1) is 0 Å². The summed E-state index contributed by atoms with van der Waals surface area (Å²) in [6.45, 7) is 2.01. The molecule has 2 rings (SSSR count). The van der Waals surface area contributed by atoms with E-state index in [9.17, 15) is 14.7 Å². The summed E-state index contributed by atoms with van der Waals surface area (Å²) in [5.74, 6) is -0.561. The van der Waals surface area contributed by atoms with Crippen LogP contribution < -0.4 is 5.56 Å². The molecule has 2 heterocycles. The van der Waals surface area contributed by atoms with Crippen molar-refractivity contribution in [3.05, 3.63) is 28.0 Å². The Morgan fingerprint density at radius 1 is 1.38 bits per heavy atom. The summed E-state index contributed by atoms with van der Waals surface area (Å²) in [7, 11) is 0. The molecule has 1 fully saturated rings. The second kappa shape index (κ2) is 4.36. The highest BCUT2D eigenvalue weighted by molar-refractivity contribution is 5.94. The third-order valence-corrected chi connectivity index (χ3v) is 2.38. The van der Waals surface area contributed by atoms with E-state index in [2.05, 4.69) is 4.98 Å². The number of amides is 1. The fourth-order valence-electron chi connectivity index (χ4n) is 1.60. The Labute approximate surface area is 91.5 Å². The van der Waals surface area contributed by atoms with Crippen molar-refractivity contribution in [2.24, 2.45) is 0 Å². The Kier molecular flexibility index (Phi) is 2.91. The largest absolute Gasteiger partial charge is 0.494 e. The molecule has 1 amide bonds. The van der Waals surface area contributed by atoms with Gasteiger partial charge in [0.1, 0.15) is 0 Å². The molecule has 1 aromatic rings. The third kappa shape index (κ3) is 2.22. The number of carbonyl (C=O) groups excluding carboxylic acids is 1. The Hall–Kier alpha value is -1.82. The average molecular weight is 224 g/mol. The van der Waals surface area contributed by atoms with Gasteiger partial charge in [-0.3, -0.25) is 14.6 Å². The Balaban J connectivity index is 2.22. The van der Waals surface area contributed by atoms with E-state index in [4.69, 9.17) is 4.74 Å². The van der Waals surface area contributed by atoms with Crippen LogP contribution in [0.15, 0.2) is 16.9 Å². The van der Waals surface area contributed by atoms with Crippen molar-refractivity contribution < 1.29 is 14.6 Å². The van der Waals surface area contributed by atoms with Crippen molar-refractivity contribution >= 4 is 5.91 Å². The van der Waals surface area contributed by atoms with E-state index in [1.807, 2.05) is 0 Å². The molecule has 1 aromatic heterocycles. The minimum absolute atomic E-state index is 0.197. The topological polar surface area (TPSA) is 82.6 Å². The Morgan fingerprint density at radius 2 is 2.06 bits per heavy atom. The molecule has 0 atom stereocenters. The van der Waals surface area contributed by atoms with Gasteiger partial charge in [-0.2, -0.15) is 0 Å². The van der Waals surface area contributed by atoms with Crippen molar-refractivity contribution in [3.8, 4) is 5.88 Å². The average Bonchev–Trinajstić information content (AvgIpc) is 2.28. The highest BCUT2D eigenvalue weighted by Gasteiger charge is 2.19. The number of rotatable bonds is 1. The number of carbonyl (C=O) groups is 1. The quantitative estimate of drug-likeness (QED) is 0.677. The highest BCUT2D eigenvalue weighted by atomic mass is 16.5. The molecule has 0 spiro atoms. The first kappa shape index (κ1) is 10.7. The predicted molar refractivity (Wildman–Crippen MR) is 55.5 cm³/mol.